The second-order valence-corrected chi connectivity index (χ2v) is 9.42. The standard InChI is InChI=1S/C22H26N2O6S/c1-15(25)17-4-6-19(7-5-17)31(28,29)24-11-9-18(10-12-24)22(27)23-14-16-3-8-20(26)21(13-16)30-2/h3-8,13,18,26H,9-12,14H2,1-2H3,(H,23,27). The highest BCUT2D eigenvalue weighted by Crippen LogP contribution is 2.27. The van der Waals surface area contributed by atoms with E-state index in [-0.39, 0.29) is 47.9 Å². The van der Waals surface area contributed by atoms with E-state index in [1.54, 1.807) is 12.1 Å². The van der Waals surface area contributed by atoms with Crippen LogP contribution in [0.2, 0.25) is 0 Å². The third-order valence-electron chi connectivity index (χ3n) is 5.43. The molecule has 0 bridgehead atoms. The number of hydrogen-bond acceptors (Lipinski definition) is 6. The summed E-state index contributed by atoms with van der Waals surface area (Å²) in [6.45, 7) is 2.22. The lowest BCUT2D eigenvalue weighted by atomic mass is 9.97. The Balaban J connectivity index is 1.56. The van der Waals surface area contributed by atoms with Crippen molar-refractivity contribution in [2.75, 3.05) is 20.2 Å². The number of carbonyl (C=O) groups excluding carboxylic acids is 2. The molecule has 0 atom stereocenters. The summed E-state index contributed by atoms with van der Waals surface area (Å²) in [4.78, 5) is 24.1. The maximum Gasteiger partial charge on any atom is 0.243 e. The number of sulfonamides is 1. The number of nitrogens with one attached hydrogen (secondary N) is 1. The number of phenols is 1. The number of piperidine rings is 1. The first-order valence-corrected chi connectivity index (χ1v) is 11.4. The molecular formula is C22H26N2O6S. The Labute approximate surface area is 181 Å². The number of carbonyl (C=O) groups is 2. The van der Waals surface area contributed by atoms with E-state index in [0.717, 1.165) is 5.56 Å². The topological polar surface area (TPSA) is 113 Å². The Morgan fingerprint density at radius 3 is 2.35 bits per heavy atom. The zero-order valence-electron chi connectivity index (χ0n) is 17.5. The number of hydrogen-bond donors (Lipinski definition) is 2. The normalized spacial score (nSPS) is 15.4. The summed E-state index contributed by atoms with van der Waals surface area (Å²) in [7, 11) is -2.21. The molecule has 1 aliphatic heterocycles. The molecule has 166 valence electrons. The summed E-state index contributed by atoms with van der Waals surface area (Å²) < 4.78 is 32.1. The number of phenolic OH excluding ortho intramolecular Hbond substituents is 1. The average Bonchev–Trinajstić information content (AvgIpc) is 2.78. The highest BCUT2D eigenvalue weighted by atomic mass is 32.2. The van der Waals surface area contributed by atoms with Gasteiger partial charge in [-0.15, -0.1) is 0 Å². The van der Waals surface area contributed by atoms with E-state index in [1.807, 2.05) is 0 Å². The van der Waals surface area contributed by atoms with Crippen molar-refractivity contribution in [3.05, 3.63) is 53.6 Å². The number of ketones is 1. The molecule has 1 heterocycles. The lowest BCUT2D eigenvalue weighted by molar-refractivity contribution is -0.126. The van der Waals surface area contributed by atoms with Gasteiger partial charge < -0.3 is 15.2 Å². The van der Waals surface area contributed by atoms with Crippen LogP contribution in [0.4, 0.5) is 0 Å². The largest absolute Gasteiger partial charge is 0.504 e. The van der Waals surface area contributed by atoms with Crippen LogP contribution in [0.3, 0.4) is 0 Å². The number of rotatable bonds is 7. The highest BCUT2D eigenvalue weighted by molar-refractivity contribution is 7.89. The number of nitrogens with zero attached hydrogens (tertiary/aromatic N) is 1. The smallest absolute Gasteiger partial charge is 0.243 e. The molecule has 31 heavy (non-hydrogen) atoms. The van der Waals surface area contributed by atoms with E-state index in [1.165, 1.54) is 48.7 Å². The number of ether oxygens (including phenoxy) is 1. The highest BCUT2D eigenvalue weighted by Gasteiger charge is 2.32. The zero-order chi connectivity index (χ0) is 22.6. The van der Waals surface area contributed by atoms with Crippen molar-refractivity contribution < 1.29 is 27.9 Å². The SMILES string of the molecule is COc1cc(CNC(=O)C2CCN(S(=O)(=O)c3ccc(C(C)=O)cc3)CC2)ccc1O. The Morgan fingerprint density at radius 1 is 1.13 bits per heavy atom. The van der Waals surface area contributed by atoms with Gasteiger partial charge in [0.25, 0.3) is 0 Å². The molecule has 1 saturated heterocycles. The lowest BCUT2D eigenvalue weighted by Crippen LogP contribution is -2.42. The number of Topliss-reactive ketones (excluding diaryl/α,β-unsaturated/α-hetero) is 1. The Kier molecular flexibility index (Phi) is 6.97. The van der Waals surface area contributed by atoms with Crippen molar-refractivity contribution >= 4 is 21.7 Å². The van der Waals surface area contributed by atoms with Crippen LogP contribution in [0, 0.1) is 5.92 Å². The van der Waals surface area contributed by atoms with Crippen LogP contribution in [0.25, 0.3) is 0 Å². The molecule has 1 amide bonds. The molecule has 9 heteroatoms. The van der Waals surface area contributed by atoms with E-state index < -0.39 is 10.0 Å². The van der Waals surface area contributed by atoms with E-state index >= 15 is 0 Å². The van der Waals surface area contributed by atoms with Crippen LogP contribution >= 0.6 is 0 Å². The quantitative estimate of drug-likeness (QED) is 0.631. The molecule has 0 aliphatic carbocycles. The Morgan fingerprint density at radius 2 is 1.77 bits per heavy atom. The summed E-state index contributed by atoms with van der Waals surface area (Å²) in [6, 6.07) is 10.8. The van der Waals surface area contributed by atoms with Gasteiger partial charge in [0.2, 0.25) is 15.9 Å². The first-order valence-electron chi connectivity index (χ1n) is 9.97. The van der Waals surface area contributed by atoms with Crippen molar-refractivity contribution in [3.8, 4) is 11.5 Å². The molecular weight excluding hydrogens is 420 g/mol. The van der Waals surface area contributed by atoms with E-state index in [2.05, 4.69) is 5.32 Å². The van der Waals surface area contributed by atoms with Gasteiger partial charge in [-0.05, 0) is 49.6 Å². The lowest BCUT2D eigenvalue weighted by Gasteiger charge is -2.30. The number of aromatic hydroxyl groups is 1. The van der Waals surface area contributed by atoms with Gasteiger partial charge in [0, 0.05) is 31.1 Å². The van der Waals surface area contributed by atoms with Gasteiger partial charge >= 0.3 is 0 Å². The van der Waals surface area contributed by atoms with Crippen molar-refractivity contribution in [1.82, 2.24) is 9.62 Å². The van der Waals surface area contributed by atoms with Gasteiger partial charge in [0.1, 0.15) is 0 Å². The van der Waals surface area contributed by atoms with E-state index in [9.17, 15) is 23.1 Å². The predicted octanol–water partition coefficient (Wildman–Crippen LogP) is 2.32. The molecule has 0 radical (unpaired) electrons. The monoisotopic (exact) mass is 446 g/mol. The minimum atomic E-state index is -3.67. The average molecular weight is 447 g/mol. The van der Waals surface area contributed by atoms with Crippen LogP contribution < -0.4 is 10.1 Å². The number of amides is 1. The summed E-state index contributed by atoms with van der Waals surface area (Å²) >= 11 is 0. The molecule has 1 fully saturated rings. The van der Waals surface area contributed by atoms with Crippen molar-refractivity contribution in [1.29, 1.82) is 0 Å². The molecule has 0 aromatic heterocycles. The fourth-order valence-corrected chi connectivity index (χ4v) is 5.00. The molecule has 2 aromatic rings. The predicted molar refractivity (Wildman–Crippen MR) is 114 cm³/mol. The summed E-state index contributed by atoms with van der Waals surface area (Å²) in [6.07, 6.45) is 0.852. The Bertz CT molecular complexity index is 1060. The number of benzene rings is 2. The van der Waals surface area contributed by atoms with Gasteiger partial charge in [-0.25, -0.2) is 8.42 Å². The van der Waals surface area contributed by atoms with Crippen LogP contribution in [0.15, 0.2) is 47.4 Å². The molecule has 1 aliphatic rings. The summed E-state index contributed by atoms with van der Waals surface area (Å²) in [5, 5.41) is 12.5. The van der Waals surface area contributed by atoms with E-state index in [4.69, 9.17) is 4.74 Å². The minimum absolute atomic E-state index is 0.0297. The van der Waals surface area contributed by atoms with Crippen molar-refractivity contribution in [2.24, 2.45) is 5.92 Å². The first-order chi connectivity index (χ1) is 14.7. The molecule has 0 spiro atoms. The van der Waals surface area contributed by atoms with Gasteiger partial charge in [-0.1, -0.05) is 18.2 Å². The molecule has 8 nitrogen and oxygen atoms in total. The third kappa shape index (κ3) is 5.23. The molecule has 2 N–H and O–H groups in total. The maximum absolute atomic E-state index is 12.9. The first kappa shape index (κ1) is 22.8. The van der Waals surface area contributed by atoms with Crippen molar-refractivity contribution in [3.63, 3.8) is 0 Å². The van der Waals surface area contributed by atoms with Crippen LogP contribution in [0.5, 0.6) is 11.5 Å². The molecule has 2 aromatic carbocycles. The number of methoxy groups -OCH3 is 1. The third-order valence-corrected chi connectivity index (χ3v) is 7.35. The minimum Gasteiger partial charge on any atom is -0.504 e. The van der Waals surface area contributed by atoms with Crippen LogP contribution in [0.1, 0.15) is 35.7 Å². The van der Waals surface area contributed by atoms with E-state index in [0.29, 0.717) is 24.2 Å². The molecule has 0 saturated carbocycles. The fraction of sp³-hybridized carbons (Fsp3) is 0.364. The van der Waals surface area contributed by atoms with Crippen LogP contribution in [-0.4, -0.2) is 49.7 Å². The summed E-state index contributed by atoms with van der Waals surface area (Å²) in [5.41, 5.74) is 1.25. The maximum atomic E-state index is 12.9. The van der Waals surface area contributed by atoms with Crippen molar-refractivity contribution in [2.45, 2.75) is 31.2 Å². The van der Waals surface area contributed by atoms with Gasteiger partial charge in [-0.2, -0.15) is 4.31 Å². The molecule has 0 unspecified atom stereocenters. The van der Waals surface area contributed by atoms with Gasteiger partial charge in [-0.3, -0.25) is 9.59 Å². The molecule has 3 rings (SSSR count). The van der Waals surface area contributed by atoms with Gasteiger partial charge in [0.15, 0.2) is 17.3 Å². The zero-order valence-corrected chi connectivity index (χ0v) is 18.3. The van der Waals surface area contributed by atoms with Gasteiger partial charge in [0.05, 0.1) is 12.0 Å². The van der Waals surface area contributed by atoms with Crippen LogP contribution in [-0.2, 0) is 21.4 Å². The second kappa shape index (κ2) is 9.49. The summed E-state index contributed by atoms with van der Waals surface area (Å²) in [5.74, 6) is -0.161. The Hall–Kier alpha value is -2.91. The second-order valence-electron chi connectivity index (χ2n) is 7.48. The fourth-order valence-electron chi connectivity index (χ4n) is 3.53.